The summed E-state index contributed by atoms with van der Waals surface area (Å²) in [5, 5.41) is 0. The quantitative estimate of drug-likeness (QED) is 0.473. The van der Waals surface area contributed by atoms with E-state index in [0.29, 0.717) is 4.88 Å². The van der Waals surface area contributed by atoms with Crippen LogP contribution in [0.1, 0.15) is 39.9 Å². The molecule has 0 radical (unpaired) electrons. The number of aryl methyl sites for hydroxylation is 2. The lowest BCUT2D eigenvalue weighted by Gasteiger charge is -2.32. The lowest BCUT2D eigenvalue weighted by Crippen LogP contribution is -2.38. The van der Waals surface area contributed by atoms with Crippen molar-refractivity contribution < 1.29 is 14.3 Å². The molecule has 0 fully saturated rings. The Hall–Kier alpha value is -2.57. The number of anilines is 2. The van der Waals surface area contributed by atoms with Crippen LogP contribution in [0.4, 0.5) is 11.4 Å². The molecule has 2 aliphatic rings. The lowest BCUT2D eigenvalue weighted by molar-refractivity contribution is -0.125. The molecule has 1 unspecified atom stereocenters. The zero-order chi connectivity index (χ0) is 20.7. The van der Waals surface area contributed by atoms with Crippen molar-refractivity contribution >= 4 is 46.3 Å². The van der Waals surface area contributed by atoms with Gasteiger partial charge in [-0.3, -0.25) is 9.69 Å². The molecule has 3 aromatic rings. The van der Waals surface area contributed by atoms with Crippen LogP contribution in [0.5, 0.6) is 0 Å². The predicted octanol–water partition coefficient (Wildman–Crippen LogP) is 6.00. The molecular formula is C24H21NO3S2. The van der Waals surface area contributed by atoms with E-state index in [-0.39, 0.29) is 5.91 Å². The molecule has 1 aliphatic heterocycles. The number of hydrogen-bond donors (Lipinski definition) is 0. The van der Waals surface area contributed by atoms with E-state index in [9.17, 15) is 9.59 Å². The highest BCUT2D eigenvalue weighted by Gasteiger charge is 2.33. The molecule has 5 rings (SSSR count). The maximum Gasteiger partial charge on any atom is 0.349 e. The van der Waals surface area contributed by atoms with Gasteiger partial charge in [0.15, 0.2) is 6.10 Å². The van der Waals surface area contributed by atoms with Gasteiger partial charge >= 0.3 is 5.97 Å². The average Bonchev–Trinajstić information content (AvgIpc) is 3.21. The van der Waals surface area contributed by atoms with E-state index < -0.39 is 12.1 Å². The molecule has 1 aromatic heterocycles. The molecule has 4 nitrogen and oxygen atoms in total. The van der Waals surface area contributed by atoms with Crippen LogP contribution in [0.15, 0.2) is 64.4 Å². The Morgan fingerprint density at radius 2 is 1.60 bits per heavy atom. The van der Waals surface area contributed by atoms with E-state index in [1.807, 2.05) is 54.6 Å². The van der Waals surface area contributed by atoms with Gasteiger partial charge in [-0.15, -0.1) is 11.3 Å². The van der Waals surface area contributed by atoms with Gasteiger partial charge in [-0.1, -0.05) is 36.0 Å². The number of carbonyl (C=O) groups excluding carboxylic acids is 2. The van der Waals surface area contributed by atoms with Gasteiger partial charge in [0.1, 0.15) is 4.88 Å². The summed E-state index contributed by atoms with van der Waals surface area (Å²) in [6.45, 7) is 1.65. The second kappa shape index (κ2) is 7.93. The first-order chi connectivity index (χ1) is 14.6. The highest BCUT2D eigenvalue weighted by Crippen LogP contribution is 2.48. The molecule has 152 valence electrons. The first kappa shape index (κ1) is 19.4. The maximum absolute atomic E-state index is 13.4. The molecule has 0 N–H and O–H groups in total. The van der Waals surface area contributed by atoms with Crippen molar-refractivity contribution in [3.05, 3.63) is 69.9 Å². The molecule has 1 aliphatic carbocycles. The number of ether oxygens (including phenoxy) is 1. The van der Waals surface area contributed by atoms with Gasteiger partial charge in [-0.05, 0) is 68.5 Å². The first-order valence-corrected chi connectivity index (χ1v) is 11.8. The number of nitrogens with zero attached hydrogens (tertiary/aromatic N) is 1. The number of fused-ring (bicyclic) bond motifs is 3. The number of esters is 1. The zero-order valence-electron chi connectivity index (χ0n) is 16.6. The number of thiophene rings is 1. The summed E-state index contributed by atoms with van der Waals surface area (Å²) in [5.41, 5.74) is 2.90. The summed E-state index contributed by atoms with van der Waals surface area (Å²) in [4.78, 5) is 31.8. The summed E-state index contributed by atoms with van der Waals surface area (Å²) in [5.74, 6) is -0.659. The SMILES string of the molecule is CC(OC(=O)c1cc2c(s1)CCCC2)C(=O)N1c2ccccc2Sc2ccccc21. The fourth-order valence-electron chi connectivity index (χ4n) is 3.98. The Morgan fingerprint density at radius 3 is 2.27 bits per heavy atom. The lowest BCUT2D eigenvalue weighted by atomic mass is 9.99. The van der Waals surface area contributed by atoms with Crippen LogP contribution in [0, 0.1) is 0 Å². The average molecular weight is 436 g/mol. The van der Waals surface area contributed by atoms with Gasteiger partial charge < -0.3 is 4.74 Å². The van der Waals surface area contributed by atoms with E-state index in [1.54, 1.807) is 23.6 Å². The minimum atomic E-state index is -0.888. The van der Waals surface area contributed by atoms with Crippen molar-refractivity contribution in [3.8, 4) is 0 Å². The monoisotopic (exact) mass is 435 g/mol. The molecule has 2 aromatic carbocycles. The first-order valence-electron chi connectivity index (χ1n) is 10.1. The van der Waals surface area contributed by atoms with Gasteiger partial charge in [-0.25, -0.2) is 4.79 Å². The third kappa shape index (κ3) is 3.44. The highest BCUT2D eigenvalue weighted by molar-refractivity contribution is 7.99. The van der Waals surface area contributed by atoms with Crippen molar-refractivity contribution in [2.45, 2.75) is 48.5 Å². The van der Waals surface area contributed by atoms with Gasteiger partial charge in [0.2, 0.25) is 0 Å². The number of para-hydroxylation sites is 2. The highest BCUT2D eigenvalue weighted by atomic mass is 32.2. The van der Waals surface area contributed by atoms with Gasteiger partial charge in [-0.2, -0.15) is 0 Å². The third-order valence-electron chi connectivity index (χ3n) is 5.48. The van der Waals surface area contributed by atoms with Crippen LogP contribution >= 0.6 is 23.1 Å². The molecule has 0 bridgehead atoms. The van der Waals surface area contributed by atoms with E-state index in [2.05, 4.69) is 0 Å². The minimum absolute atomic E-state index is 0.245. The number of amides is 1. The molecule has 1 atom stereocenters. The maximum atomic E-state index is 13.4. The molecule has 0 saturated carbocycles. The third-order valence-corrected chi connectivity index (χ3v) is 7.83. The molecule has 2 heterocycles. The standard InChI is InChI=1S/C24H21NO3S2/c1-15(28-24(27)22-14-16-8-2-5-11-19(16)29-22)23(26)25-17-9-3-6-12-20(17)30-21-13-7-4-10-18(21)25/h3-4,6-7,9-10,12-15H,2,5,8,11H2,1H3. The molecule has 6 heteroatoms. The second-order valence-corrected chi connectivity index (χ2v) is 9.75. The number of rotatable bonds is 3. The second-order valence-electron chi connectivity index (χ2n) is 7.52. The van der Waals surface area contributed by atoms with Crippen LogP contribution in [0.3, 0.4) is 0 Å². The van der Waals surface area contributed by atoms with Gasteiger partial charge in [0.25, 0.3) is 5.91 Å². The largest absolute Gasteiger partial charge is 0.448 e. The number of hydrogen-bond acceptors (Lipinski definition) is 5. The smallest absolute Gasteiger partial charge is 0.349 e. The van der Waals surface area contributed by atoms with Crippen molar-refractivity contribution in [2.24, 2.45) is 0 Å². The van der Waals surface area contributed by atoms with Crippen molar-refractivity contribution in [3.63, 3.8) is 0 Å². The van der Waals surface area contributed by atoms with Gasteiger partial charge in [0.05, 0.1) is 11.4 Å². The van der Waals surface area contributed by atoms with Gasteiger partial charge in [0, 0.05) is 14.7 Å². The molecule has 0 spiro atoms. The Balaban J connectivity index is 1.40. The zero-order valence-corrected chi connectivity index (χ0v) is 18.2. The summed E-state index contributed by atoms with van der Waals surface area (Å²) >= 11 is 3.15. The Bertz CT molecular complexity index is 1070. The van der Waals surface area contributed by atoms with E-state index in [1.165, 1.54) is 34.6 Å². The molecule has 30 heavy (non-hydrogen) atoms. The van der Waals surface area contributed by atoms with E-state index in [0.717, 1.165) is 34.0 Å². The summed E-state index contributed by atoms with van der Waals surface area (Å²) in [7, 11) is 0. The Kier molecular flexibility index (Phi) is 5.13. The van der Waals surface area contributed by atoms with Crippen LogP contribution in [-0.4, -0.2) is 18.0 Å². The van der Waals surface area contributed by atoms with Crippen molar-refractivity contribution in [1.82, 2.24) is 0 Å². The number of carbonyl (C=O) groups is 2. The van der Waals surface area contributed by atoms with Crippen molar-refractivity contribution in [2.75, 3.05) is 4.90 Å². The summed E-state index contributed by atoms with van der Waals surface area (Å²) in [6, 6.07) is 17.6. The molecular weight excluding hydrogens is 414 g/mol. The minimum Gasteiger partial charge on any atom is -0.448 e. The molecule has 0 saturated heterocycles. The van der Waals surface area contributed by atoms with E-state index >= 15 is 0 Å². The normalized spacial score (nSPS) is 15.6. The topological polar surface area (TPSA) is 46.6 Å². The van der Waals surface area contributed by atoms with Crippen LogP contribution in [-0.2, 0) is 22.4 Å². The van der Waals surface area contributed by atoms with Crippen molar-refractivity contribution in [1.29, 1.82) is 0 Å². The van der Waals surface area contributed by atoms with Crippen LogP contribution in [0.2, 0.25) is 0 Å². The predicted molar refractivity (Wildman–Crippen MR) is 120 cm³/mol. The summed E-state index contributed by atoms with van der Waals surface area (Å²) in [6.07, 6.45) is 3.50. The summed E-state index contributed by atoms with van der Waals surface area (Å²) < 4.78 is 5.63. The number of benzene rings is 2. The fraction of sp³-hybridized carbons (Fsp3) is 0.250. The fourth-order valence-corrected chi connectivity index (χ4v) is 6.18. The van der Waals surface area contributed by atoms with Crippen LogP contribution < -0.4 is 4.90 Å². The van der Waals surface area contributed by atoms with E-state index in [4.69, 9.17) is 4.74 Å². The molecule has 1 amide bonds. The Morgan fingerprint density at radius 1 is 0.967 bits per heavy atom. The van der Waals surface area contributed by atoms with Crippen LogP contribution in [0.25, 0.3) is 0 Å². The Labute approximate surface area is 183 Å².